The van der Waals surface area contributed by atoms with E-state index in [2.05, 4.69) is 31.5 Å². The fourth-order valence-corrected chi connectivity index (χ4v) is 5.72. The molecule has 0 saturated heterocycles. The molecule has 0 fully saturated rings. The van der Waals surface area contributed by atoms with Crippen LogP contribution in [0.1, 0.15) is 81.1 Å². The molecule has 0 aliphatic heterocycles. The number of likely N-dealkylation sites (N-methyl/N-ethyl adjacent to an activating group) is 1. The lowest BCUT2D eigenvalue weighted by atomic mass is 9.90. The minimum absolute atomic E-state index is 0.0101. The number of nitrogens with two attached hydrogens (primary N) is 2. The zero-order valence-electron chi connectivity index (χ0n) is 33.3. The van der Waals surface area contributed by atoms with Gasteiger partial charge in [0.05, 0.1) is 18.2 Å². The van der Waals surface area contributed by atoms with Crippen molar-refractivity contribution < 1.29 is 23.9 Å². The maximum Gasteiger partial charge on any atom is 0.410 e. The molecule has 51 heavy (non-hydrogen) atoms. The minimum Gasteiger partial charge on any atom is -0.445 e. The molecule has 0 aromatic rings. The average molecular weight is 722 g/mol. The molecule has 0 bridgehead atoms. The maximum atomic E-state index is 13.7. The third-order valence-corrected chi connectivity index (χ3v) is 8.83. The molecule has 14 nitrogen and oxygen atoms in total. The summed E-state index contributed by atoms with van der Waals surface area (Å²) in [7, 11) is 5.65. The van der Waals surface area contributed by atoms with E-state index in [1.807, 2.05) is 81.6 Å². The molecular formula is C37H71N9O5. The van der Waals surface area contributed by atoms with E-state index >= 15 is 0 Å². The molecule has 6 atom stereocenters. The number of amides is 4. The highest BCUT2D eigenvalue weighted by atomic mass is 16.6. The number of nitrogens with one attached hydrogen (secondary N) is 5. The normalized spacial score (nSPS) is 17.7. The Bertz CT molecular complexity index is 1160. The Balaban J connectivity index is 3.17. The molecule has 1 aliphatic carbocycles. The topological polar surface area (TPSA) is 196 Å². The molecule has 1 aliphatic rings. The predicted octanol–water partition coefficient (Wildman–Crippen LogP) is 1.67. The van der Waals surface area contributed by atoms with Crippen molar-refractivity contribution in [2.45, 2.75) is 117 Å². The van der Waals surface area contributed by atoms with Crippen LogP contribution in [0.4, 0.5) is 4.79 Å². The van der Waals surface area contributed by atoms with Crippen molar-refractivity contribution in [2.24, 2.45) is 29.2 Å². The van der Waals surface area contributed by atoms with Crippen LogP contribution < -0.4 is 38.1 Å². The van der Waals surface area contributed by atoms with Gasteiger partial charge in [-0.25, -0.2) is 4.79 Å². The Morgan fingerprint density at radius 2 is 1.53 bits per heavy atom. The van der Waals surface area contributed by atoms with Gasteiger partial charge in [0.2, 0.25) is 17.7 Å². The van der Waals surface area contributed by atoms with E-state index in [1.165, 1.54) is 4.90 Å². The molecule has 3 unspecified atom stereocenters. The van der Waals surface area contributed by atoms with Crippen molar-refractivity contribution in [1.29, 1.82) is 0 Å². The number of rotatable bonds is 23. The summed E-state index contributed by atoms with van der Waals surface area (Å²) in [6, 6.07) is -2.65. The Kier molecular flexibility index (Phi) is 21.2. The molecule has 0 aromatic heterocycles. The van der Waals surface area contributed by atoms with Gasteiger partial charge in [0.15, 0.2) is 0 Å². The number of carbonyl (C=O) groups is 4. The van der Waals surface area contributed by atoms with Gasteiger partial charge in [-0.2, -0.15) is 0 Å². The van der Waals surface area contributed by atoms with Crippen LogP contribution in [0.15, 0.2) is 23.3 Å². The fraction of sp³-hybridized carbons (Fsp3) is 0.784. The fourth-order valence-electron chi connectivity index (χ4n) is 5.72. The van der Waals surface area contributed by atoms with Gasteiger partial charge in [0.1, 0.15) is 18.7 Å². The van der Waals surface area contributed by atoms with Crippen molar-refractivity contribution >= 4 is 23.8 Å². The minimum atomic E-state index is -0.774. The maximum absolute atomic E-state index is 13.7. The van der Waals surface area contributed by atoms with Crippen molar-refractivity contribution in [3.8, 4) is 0 Å². The van der Waals surface area contributed by atoms with Crippen LogP contribution in [-0.2, 0) is 19.1 Å². The molecule has 0 heterocycles. The van der Waals surface area contributed by atoms with Crippen LogP contribution >= 0.6 is 0 Å². The molecule has 0 aromatic carbocycles. The van der Waals surface area contributed by atoms with E-state index in [0.29, 0.717) is 32.4 Å². The van der Waals surface area contributed by atoms with Gasteiger partial charge in [-0.3, -0.25) is 19.3 Å². The van der Waals surface area contributed by atoms with Gasteiger partial charge in [0, 0.05) is 19.6 Å². The highest BCUT2D eigenvalue weighted by Gasteiger charge is 2.32. The third-order valence-electron chi connectivity index (χ3n) is 8.83. The summed E-state index contributed by atoms with van der Waals surface area (Å²) in [6.45, 7) is 18.3. The first kappa shape index (κ1) is 46.0. The van der Waals surface area contributed by atoms with E-state index in [0.717, 1.165) is 30.7 Å². The molecule has 9 N–H and O–H groups in total. The number of hydrogen-bond acceptors (Lipinski definition) is 10. The van der Waals surface area contributed by atoms with Crippen LogP contribution in [0, 0.1) is 17.8 Å². The van der Waals surface area contributed by atoms with Gasteiger partial charge in [-0.15, -0.1) is 0 Å². The van der Waals surface area contributed by atoms with Crippen molar-refractivity contribution in [1.82, 2.24) is 36.4 Å². The van der Waals surface area contributed by atoms with E-state index in [9.17, 15) is 19.2 Å². The predicted molar refractivity (Wildman–Crippen MR) is 205 cm³/mol. The second-order valence-corrected chi connectivity index (χ2v) is 15.2. The van der Waals surface area contributed by atoms with Crippen molar-refractivity contribution in [2.75, 3.05) is 53.9 Å². The van der Waals surface area contributed by atoms with Crippen molar-refractivity contribution in [3.63, 3.8) is 0 Å². The summed E-state index contributed by atoms with van der Waals surface area (Å²) >= 11 is 0. The molecule has 294 valence electrons. The first-order valence-electron chi connectivity index (χ1n) is 18.7. The lowest BCUT2D eigenvalue weighted by Crippen LogP contribution is -2.54. The smallest absolute Gasteiger partial charge is 0.410 e. The zero-order chi connectivity index (χ0) is 38.8. The second-order valence-electron chi connectivity index (χ2n) is 15.2. The Labute approximate surface area is 307 Å². The summed E-state index contributed by atoms with van der Waals surface area (Å²) in [4.78, 5) is 56.3. The number of nitrogens with zero attached hydrogens (tertiary/aromatic N) is 2. The highest BCUT2D eigenvalue weighted by Crippen LogP contribution is 2.24. The molecule has 4 amide bonds. The molecule has 1 rings (SSSR count). The third kappa shape index (κ3) is 17.4. The molecule has 0 saturated carbocycles. The quantitative estimate of drug-likeness (QED) is 0.0603. The van der Waals surface area contributed by atoms with Crippen LogP contribution in [0.2, 0.25) is 0 Å². The average Bonchev–Trinajstić information content (AvgIpc) is 3.05. The second kappa shape index (κ2) is 23.5. The molecule has 0 spiro atoms. The Morgan fingerprint density at radius 3 is 2.10 bits per heavy atom. The first-order chi connectivity index (χ1) is 23.8. The summed E-state index contributed by atoms with van der Waals surface area (Å²) in [6.07, 6.45) is 5.65. The molecular weight excluding hydrogens is 650 g/mol. The van der Waals surface area contributed by atoms with E-state index in [1.54, 1.807) is 7.05 Å². The van der Waals surface area contributed by atoms with Crippen LogP contribution in [0.5, 0.6) is 0 Å². The molecule has 0 radical (unpaired) electrons. The van der Waals surface area contributed by atoms with Gasteiger partial charge in [-0.1, -0.05) is 53.7 Å². The number of hydrogen-bond donors (Lipinski definition) is 7. The summed E-state index contributed by atoms with van der Waals surface area (Å²) in [5.41, 5.74) is 13.7. The first-order valence-corrected chi connectivity index (χ1v) is 18.7. The SMILES string of the molecule is CC(C)CNC(=O)[C@H](C(C)C)N(C)C(=O)OCC1=CCC(NC(=O)[C@H](CCCNC(C)N)NC(=O)[C@@H](N)C(C)C)C=C1C(C)NCCCN(C)C. The summed E-state index contributed by atoms with van der Waals surface area (Å²) < 4.78 is 5.80. The largest absolute Gasteiger partial charge is 0.445 e. The van der Waals surface area contributed by atoms with Gasteiger partial charge in [0.25, 0.3) is 0 Å². The molecule has 14 heteroatoms. The standard InChI is InChI=1S/C37H71N9O5/c1-23(2)21-42-36(49)33(25(5)6)46(11)37(50)51-22-28-15-16-29(20-30(28)26(7)40-18-13-19-45(9)10)43-34(47)31(14-12-17-41-27(8)38)44-35(48)32(39)24(3)4/h15,20,23-27,29,31-33,40-41H,12-14,16-19,21-22,38-39H2,1-11H3,(H,42,49)(H,43,47)(H,44,48)/t26?,27?,29?,31-,32-,33-/m0/s1. The van der Waals surface area contributed by atoms with Crippen LogP contribution in [0.25, 0.3) is 0 Å². The Morgan fingerprint density at radius 1 is 0.882 bits per heavy atom. The monoisotopic (exact) mass is 722 g/mol. The van der Waals surface area contributed by atoms with Gasteiger partial charge in [-0.05, 0) is 102 Å². The van der Waals surface area contributed by atoms with Gasteiger partial charge < -0.3 is 47.7 Å². The lowest BCUT2D eigenvalue weighted by Gasteiger charge is -2.31. The van der Waals surface area contributed by atoms with Crippen molar-refractivity contribution in [3.05, 3.63) is 23.3 Å². The highest BCUT2D eigenvalue weighted by molar-refractivity contribution is 5.90. The van der Waals surface area contributed by atoms with E-state index in [-0.39, 0.29) is 60.3 Å². The lowest BCUT2D eigenvalue weighted by molar-refractivity contribution is -0.130. The Hall–Kier alpha value is -3.04. The summed E-state index contributed by atoms with van der Waals surface area (Å²) in [5, 5.41) is 15.6. The van der Waals surface area contributed by atoms with E-state index < -0.39 is 24.2 Å². The van der Waals surface area contributed by atoms with E-state index in [4.69, 9.17) is 16.2 Å². The van der Waals surface area contributed by atoms with Gasteiger partial charge >= 0.3 is 6.09 Å². The number of carbonyl (C=O) groups excluding carboxylic acids is 4. The van der Waals surface area contributed by atoms with Crippen LogP contribution in [0.3, 0.4) is 0 Å². The summed E-state index contributed by atoms with van der Waals surface area (Å²) in [5.74, 6) is -0.801. The van der Waals surface area contributed by atoms with Crippen LogP contribution in [-0.4, -0.2) is 124 Å². The zero-order valence-corrected chi connectivity index (χ0v) is 33.3. The number of ether oxygens (including phenoxy) is 1.